The van der Waals surface area contributed by atoms with Gasteiger partial charge in [-0.3, -0.25) is 4.79 Å². The maximum Gasteiger partial charge on any atom is 0.343 e. The summed E-state index contributed by atoms with van der Waals surface area (Å²) >= 11 is 0. The number of ether oxygens (including phenoxy) is 2. The lowest BCUT2D eigenvalue weighted by Crippen LogP contribution is -2.40. The Balaban J connectivity index is 1.45. The normalized spacial score (nSPS) is 23.1. The van der Waals surface area contributed by atoms with E-state index >= 15 is 4.39 Å². The van der Waals surface area contributed by atoms with Gasteiger partial charge < -0.3 is 29.2 Å². The number of aliphatic hydroxyl groups excluding tert-OH is 1. The van der Waals surface area contributed by atoms with Crippen molar-refractivity contribution in [2.45, 2.75) is 43.6 Å². The van der Waals surface area contributed by atoms with E-state index in [1.54, 1.807) is 4.90 Å². The summed E-state index contributed by atoms with van der Waals surface area (Å²) in [6.45, 7) is -0.170. The molecule has 0 bridgehead atoms. The SMILES string of the molecule is O=C(OCc1ccccc1)c1cn(C2CC2)c2c3c(c(F)cc2c1=O)N1C[C@@](O)(CO)C[C@H]1CO3. The molecule has 8 nitrogen and oxygen atoms in total. The molecule has 2 N–H and O–H groups in total. The molecule has 1 saturated carbocycles. The minimum atomic E-state index is -1.35. The Morgan fingerprint density at radius 1 is 1.23 bits per heavy atom. The molecule has 0 spiro atoms. The van der Waals surface area contributed by atoms with Crippen LogP contribution in [0.1, 0.15) is 41.2 Å². The first-order valence-electron chi connectivity index (χ1n) is 11.7. The van der Waals surface area contributed by atoms with Gasteiger partial charge in [-0.05, 0) is 24.5 Å². The molecule has 0 radical (unpaired) electrons. The monoisotopic (exact) mass is 480 g/mol. The van der Waals surface area contributed by atoms with Crippen LogP contribution in [-0.4, -0.2) is 52.2 Å². The quantitative estimate of drug-likeness (QED) is 0.541. The van der Waals surface area contributed by atoms with Crippen LogP contribution in [0.4, 0.5) is 10.1 Å². The standard InChI is InChI=1S/C26H25FN2O6/c27-20-8-18-21(24-22(20)29-13-26(33,14-30)9-17(29)12-34-24)28(16-6-7-16)10-19(23(18)31)25(32)35-11-15-4-2-1-3-5-15/h1-5,8,10,16-17,30,33H,6-7,9,11-14H2/t17-,26+/m0/s1. The van der Waals surface area contributed by atoms with Crippen molar-refractivity contribution >= 4 is 22.6 Å². The average Bonchev–Trinajstić information content (AvgIpc) is 3.64. The Kier molecular flexibility index (Phi) is 5.08. The molecule has 0 unspecified atom stereocenters. The van der Waals surface area contributed by atoms with Gasteiger partial charge in [0.1, 0.15) is 30.1 Å². The van der Waals surface area contributed by atoms with Gasteiger partial charge in [-0.15, -0.1) is 0 Å². The van der Waals surface area contributed by atoms with Crippen LogP contribution in [0.3, 0.4) is 0 Å². The second-order valence-corrected chi connectivity index (χ2v) is 9.68. The smallest absolute Gasteiger partial charge is 0.343 e. The summed E-state index contributed by atoms with van der Waals surface area (Å²) in [4.78, 5) is 28.0. The Labute approximate surface area is 200 Å². The highest BCUT2D eigenvalue weighted by Gasteiger charge is 2.47. The number of anilines is 1. The predicted octanol–water partition coefficient (Wildman–Crippen LogP) is 2.53. The molecular formula is C26H25FN2O6. The van der Waals surface area contributed by atoms with Crippen molar-refractivity contribution in [3.05, 3.63) is 69.8 Å². The van der Waals surface area contributed by atoms with Crippen molar-refractivity contribution in [1.82, 2.24) is 4.57 Å². The van der Waals surface area contributed by atoms with E-state index in [1.165, 1.54) is 6.20 Å². The number of benzene rings is 2. The van der Waals surface area contributed by atoms with Crippen LogP contribution in [-0.2, 0) is 11.3 Å². The number of esters is 1. The lowest BCUT2D eigenvalue weighted by molar-refractivity contribution is 0.00141. The van der Waals surface area contributed by atoms with Gasteiger partial charge in [0.15, 0.2) is 11.6 Å². The first kappa shape index (κ1) is 22.1. The first-order valence-corrected chi connectivity index (χ1v) is 11.7. The third-order valence-electron chi connectivity index (χ3n) is 7.09. The highest BCUT2D eigenvalue weighted by Crippen LogP contribution is 2.48. The number of carbonyl (C=O) groups excluding carboxylic acids is 1. The molecule has 182 valence electrons. The molecule has 3 aromatic rings. The van der Waals surface area contributed by atoms with Crippen LogP contribution in [0, 0.1) is 5.82 Å². The maximum atomic E-state index is 15.5. The number of rotatable bonds is 5. The molecule has 1 aromatic heterocycles. The molecule has 2 aliphatic heterocycles. The summed E-state index contributed by atoms with van der Waals surface area (Å²) in [5.74, 6) is -1.21. The predicted molar refractivity (Wildman–Crippen MR) is 125 cm³/mol. The molecule has 2 aromatic carbocycles. The number of hydrogen-bond donors (Lipinski definition) is 2. The lowest BCUT2D eigenvalue weighted by atomic mass is 10.0. The molecule has 35 heavy (non-hydrogen) atoms. The van der Waals surface area contributed by atoms with Crippen molar-refractivity contribution < 1.29 is 28.9 Å². The Hall–Kier alpha value is -3.43. The summed E-state index contributed by atoms with van der Waals surface area (Å²) in [6, 6.07) is 10.1. The van der Waals surface area contributed by atoms with Gasteiger partial charge in [-0.1, -0.05) is 30.3 Å². The molecule has 3 aliphatic rings. The Bertz CT molecular complexity index is 1390. The Morgan fingerprint density at radius 3 is 2.71 bits per heavy atom. The zero-order valence-corrected chi connectivity index (χ0v) is 18.9. The lowest BCUT2D eigenvalue weighted by Gasteiger charge is -2.34. The van der Waals surface area contributed by atoms with E-state index in [2.05, 4.69) is 0 Å². The summed E-state index contributed by atoms with van der Waals surface area (Å²) in [5.41, 5.74) is -0.710. The van der Waals surface area contributed by atoms with Gasteiger partial charge in [0.25, 0.3) is 0 Å². The van der Waals surface area contributed by atoms with Crippen LogP contribution >= 0.6 is 0 Å². The van der Waals surface area contributed by atoms with Crippen molar-refractivity contribution in [3.8, 4) is 5.75 Å². The Morgan fingerprint density at radius 2 is 2.00 bits per heavy atom. The van der Waals surface area contributed by atoms with E-state index in [1.807, 2.05) is 34.9 Å². The summed E-state index contributed by atoms with van der Waals surface area (Å²) in [7, 11) is 0. The van der Waals surface area contributed by atoms with Gasteiger partial charge in [0.05, 0.1) is 23.6 Å². The van der Waals surface area contributed by atoms with Crippen LogP contribution in [0.25, 0.3) is 10.9 Å². The van der Waals surface area contributed by atoms with Gasteiger partial charge in [-0.25, -0.2) is 9.18 Å². The number of nitrogens with zero attached hydrogens (tertiary/aromatic N) is 2. The van der Waals surface area contributed by atoms with Gasteiger partial charge in [-0.2, -0.15) is 0 Å². The third-order valence-corrected chi connectivity index (χ3v) is 7.09. The summed E-state index contributed by atoms with van der Waals surface area (Å²) in [6.07, 6.45) is 3.47. The molecule has 1 aliphatic carbocycles. The third kappa shape index (κ3) is 3.66. The second-order valence-electron chi connectivity index (χ2n) is 9.68. The minimum absolute atomic E-state index is 0.0202. The van der Waals surface area contributed by atoms with Gasteiger partial charge in [0.2, 0.25) is 5.43 Å². The zero-order chi connectivity index (χ0) is 24.3. The molecule has 0 amide bonds. The summed E-state index contributed by atoms with van der Waals surface area (Å²) < 4.78 is 28.7. The van der Waals surface area contributed by atoms with Crippen LogP contribution in [0.5, 0.6) is 5.75 Å². The second kappa shape index (κ2) is 8.07. The topological polar surface area (TPSA) is 101 Å². The maximum absolute atomic E-state index is 15.5. The number of halogens is 1. The molecule has 2 fully saturated rings. The molecule has 1 saturated heterocycles. The fourth-order valence-electron chi connectivity index (χ4n) is 5.20. The number of pyridine rings is 1. The van der Waals surface area contributed by atoms with Crippen LogP contribution < -0.4 is 15.1 Å². The fraction of sp³-hybridized carbons (Fsp3) is 0.385. The molecule has 9 heteroatoms. The molecule has 3 heterocycles. The zero-order valence-electron chi connectivity index (χ0n) is 18.9. The van der Waals surface area contributed by atoms with Gasteiger partial charge in [0, 0.05) is 25.2 Å². The number of aromatic nitrogens is 1. The number of hydrogen-bond acceptors (Lipinski definition) is 7. The van der Waals surface area contributed by atoms with E-state index in [0.717, 1.165) is 24.5 Å². The van der Waals surface area contributed by atoms with E-state index in [0.29, 0.717) is 5.52 Å². The highest BCUT2D eigenvalue weighted by atomic mass is 19.1. The van der Waals surface area contributed by atoms with Crippen molar-refractivity contribution in [2.24, 2.45) is 0 Å². The minimum Gasteiger partial charge on any atom is -0.487 e. The van der Waals surface area contributed by atoms with Gasteiger partial charge >= 0.3 is 5.97 Å². The van der Waals surface area contributed by atoms with Crippen LogP contribution in [0.2, 0.25) is 0 Å². The molecule has 2 atom stereocenters. The van der Waals surface area contributed by atoms with E-state index in [-0.39, 0.29) is 60.6 Å². The highest BCUT2D eigenvalue weighted by molar-refractivity contribution is 5.98. The molecule has 6 rings (SSSR count). The van der Waals surface area contributed by atoms with Crippen molar-refractivity contribution in [3.63, 3.8) is 0 Å². The first-order chi connectivity index (χ1) is 16.9. The number of aliphatic hydroxyl groups is 2. The summed E-state index contributed by atoms with van der Waals surface area (Å²) in [5, 5.41) is 20.3. The largest absolute Gasteiger partial charge is 0.487 e. The van der Waals surface area contributed by atoms with Crippen LogP contribution in [0.15, 0.2) is 47.4 Å². The van der Waals surface area contributed by atoms with Crippen molar-refractivity contribution in [1.29, 1.82) is 0 Å². The van der Waals surface area contributed by atoms with E-state index < -0.39 is 29.4 Å². The number of fused-ring (bicyclic) bond motifs is 5. The molecular weight excluding hydrogens is 455 g/mol. The van der Waals surface area contributed by atoms with Crippen molar-refractivity contribution in [2.75, 3.05) is 24.7 Å². The number of carbonyl (C=O) groups is 1. The van der Waals surface area contributed by atoms with E-state index in [9.17, 15) is 19.8 Å². The average molecular weight is 480 g/mol. The van der Waals surface area contributed by atoms with E-state index in [4.69, 9.17) is 9.47 Å². The fourth-order valence-corrected chi connectivity index (χ4v) is 5.20.